The zero-order chi connectivity index (χ0) is 19.7. The van der Waals surface area contributed by atoms with Crippen molar-refractivity contribution in [3.8, 4) is 5.75 Å². The zero-order valence-electron chi connectivity index (χ0n) is 15.8. The number of phenolic OH excluding ortho intramolecular Hbond substituents is 1. The van der Waals surface area contributed by atoms with Crippen LogP contribution in [0.5, 0.6) is 5.75 Å². The Kier molecular flexibility index (Phi) is 3.37. The molecule has 3 aliphatic rings. The summed E-state index contributed by atoms with van der Waals surface area (Å²) in [6.07, 6.45) is 2.14. The molecule has 1 unspecified atom stereocenters. The highest BCUT2D eigenvalue weighted by Gasteiger charge is 2.53. The van der Waals surface area contributed by atoms with Crippen molar-refractivity contribution in [2.24, 2.45) is 0 Å². The first kappa shape index (κ1) is 16.7. The smallest absolute Gasteiger partial charge is 0.246 e. The zero-order valence-corrected chi connectivity index (χ0v) is 15.8. The molecule has 2 fully saturated rings. The molecule has 2 amide bonds. The largest absolute Gasteiger partial charge is 0.508 e. The third-order valence-corrected chi connectivity index (χ3v) is 6.70. The number of nitrogens with one attached hydrogen (secondary N) is 1. The van der Waals surface area contributed by atoms with Gasteiger partial charge in [0.15, 0.2) is 0 Å². The van der Waals surface area contributed by atoms with E-state index in [1.807, 2.05) is 30.3 Å². The molecule has 0 spiro atoms. The lowest BCUT2D eigenvalue weighted by molar-refractivity contribution is -0.162. The number of aromatic nitrogens is 1. The van der Waals surface area contributed by atoms with Gasteiger partial charge in [-0.1, -0.05) is 30.3 Å². The van der Waals surface area contributed by atoms with E-state index >= 15 is 0 Å². The number of piperazine rings is 1. The Morgan fingerprint density at radius 2 is 1.76 bits per heavy atom. The minimum absolute atomic E-state index is 0.0366. The predicted octanol–water partition coefficient (Wildman–Crippen LogP) is 2.72. The molecule has 146 valence electrons. The van der Waals surface area contributed by atoms with Gasteiger partial charge in [-0.25, -0.2) is 0 Å². The van der Waals surface area contributed by atoms with Crippen LogP contribution < -0.4 is 0 Å². The van der Waals surface area contributed by atoms with Gasteiger partial charge in [0.05, 0.1) is 6.04 Å². The van der Waals surface area contributed by atoms with E-state index in [4.69, 9.17) is 0 Å². The number of H-pyrrole nitrogens is 1. The molecule has 6 rings (SSSR count). The third-order valence-electron chi connectivity index (χ3n) is 6.70. The van der Waals surface area contributed by atoms with Crippen molar-refractivity contribution in [2.75, 3.05) is 6.54 Å². The second kappa shape index (κ2) is 5.86. The monoisotopic (exact) mass is 387 g/mol. The highest BCUT2D eigenvalue weighted by atomic mass is 16.3. The average molecular weight is 387 g/mol. The molecule has 3 atom stereocenters. The van der Waals surface area contributed by atoms with Gasteiger partial charge in [0.2, 0.25) is 11.8 Å². The minimum Gasteiger partial charge on any atom is -0.508 e. The number of phenols is 1. The van der Waals surface area contributed by atoms with Crippen LogP contribution in [-0.4, -0.2) is 50.3 Å². The topological polar surface area (TPSA) is 76.6 Å². The number of benzene rings is 2. The highest BCUT2D eigenvalue weighted by Crippen LogP contribution is 2.44. The van der Waals surface area contributed by atoms with Crippen molar-refractivity contribution in [3.63, 3.8) is 0 Å². The molecule has 4 heterocycles. The Bertz CT molecular complexity index is 1150. The number of carbonyl (C=O) groups is 2. The molecular formula is C23H21N3O3. The van der Waals surface area contributed by atoms with Crippen LogP contribution in [0.15, 0.2) is 48.5 Å². The Labute approximate surface area is 167 Å². The van der Waals surface area contributed by atoms with Gasteiger partial charge in [-0.15, -0.1) is 0 Å². The van der Waals surface area contributed by atoms with Crippen molar-refractivity contribution in [2.45, 2.75) is 37.4 Å². The maximum atomic E-state index is 13.5. The van der Waals surface area contributed by atoms with E-state index in [0.717, 1.165) is 40.6 Å². The molecule has 6 nitrogen and oxygen atoms in total. The number of amides is 2. The van der Waals surface area contributed by atoms with Crippen LogP contribution in [0, 0.1) is 0 Å². The standard InChI is InChI=1S/C23H21N3O3/c27-14-9-7-13(8-10-14)21-20-16(15-4-1-2-5-17(15)24-20)12-19-22(28)25-11-3-6-18(25)23(29)26(19)21/h1-2,4-5,7-10,18-19,21,24,27H,3,6,11-12H2/t18-,19-,21?/m0/s1. The van der Waals surface area contributed by atoms with Crippen LogP contribution in [-0.2, 0) is 16.0 Å². The summed E-state index contributed by atoms with van der Waals surface area (Å²) in [5.41, 5.74) is 3.99. The molecule has 29 heavy (non-hydrogen) atoms. The van der Waals surface area contributed by atoms with E-state index in [0.29, 0.717) is 13.0 Å². The van der Waals surface area contributed by atoms with Gasteiger partial charge in [-0.3, -0.25) is 9.59 Å². The average Bonchev–Trinajstić information content (AvgIpc) is 3.37. The summed E-state index contributed by atoms with van der Waals surface area (Å²) in [7, 11) is 0. The third kappa shape index (κ3) is 2.23. The minimum atomic E-state index is -0.484. The maximum Gasteiger partial charge on any atom is 0.246 e. The van der Waals surface area contributed by atoms with Crippen molar-refractivity contribution in [1.82, 2.24) is 14.8 Å². The second-order valence-corrected chi connectivity index (χ2v) is 8.21. The number of nitrogens with zero attached hydrogens (tertiary/aromatic N) is 2. The molecule has 0 bridgehead atoms. The fourth-order valence-electron chi connectivity index (χ4n) is 5.41. The Morgan fingerprint density at radius 3 is 2.59 bits per heavy atom. The van der Waals surface area contributed by atoms with E-state index in [2.05, 4.69) is 11.1 Å². The molecule has 1 aromatic heterocycles. The number of hydrogen-bond acceptors (Lipinski definition) is 3. The summed E-state index contributed by atoms with van der Waals surface area (Å²) in [4.78, 5) is 34.0. The van der Waals surface area contributed by atoms with Crippen molar-refractivity contribution in [1.29, 1.82) is 0 Å². The number of hydrogen-bond donors (Lipinski definition) is 2. The quantitative estimate of drug-likeness (QED) is 0.674. The maximum absolute atomic E-state index is 13.5. The Hall–Kier alpha value is -3.28. The molecular weight excluding hydrogens is 366 g/mol. The van der Waals surface area contributed by atoms with E-state index in [9.17, 15) is 14.7 Å². The van der Waals surface area contributed by atoms with Gasteiger partial charge < -0.3 is 19.9 Å². The van der Waals surface area contributed by atoms with E-state index in [1.165, 1.54) is 0 Å². The first-order valence-electron chi connectivity index (χ1n) is 10.1. The lowest BCUT2D eigenvalue weighted by atomic mass is 9.85. The van der Waals surface area contributed by atoms with Crippen LogP contribution >= 0.6 is 0 Å². The van der Waals surface area contributed by atoms with Crippen LogP contribution in [0.25, 0.3) is 10.9 Å². The molecule has 0 radical (unpaired) electrons. The number of rotatable bonds is 1. The number of aromatic hydroxyl groups is 1. The fourth-order valence-corrected chi connectivity index (χ4v) is 5.41. The van der Waals surface area contributed by atoms with Crippen LogP contribution in [0.2, 0.25) is 0 Å². The first-order chi connectivity index (χ1) is 14.1. The summed E-state index contributed by atoms with van der Waals surface area (Å²) in [5.74, 6) is 0.280. The summed E-state index contributed by atoms with van der Waals surface area (Å²) in [6, 6.07) is 13.9. The summed E-state index contributed by atoms with van der Waals surface area (Å²) in [6.45, 7) is 0.671. The highest BCUT2D eigenvalue weighted by molar-refractivity contribution is 5.99. The molecule has 0 saturated carbocycles. The second-order valence-electron chi connectivity index (χ2n) is 8.21. The number of para-hydroxylation sites is 1. The van der Waals surface area contributed by atoms with Crippen molar-refractivity contribution in [3.05, 3.63) is 65.4 Å². The molecule has 2 saturated heterocycles. The van der Waals surface area contributed by atoms with Gasteiger partial charge >= 0.3 is 0 Å². The van der Waals surface area contributed by atoms with Crippen LogP contribution in [0.1, 0.15) is 35.7 Å². The van der Waals surface area contributed by atoms with Gasteiger partial charge in [-0.2, -0.15) is 0 Å². The van der Waals surface area contributed by atoms with E-state index in [1.54, 1.807) is 21.9 Å². The van der Waals surface area contributed by atoms with Crippen molar-refractivity contribution >= 4 is 22.7 Å². The van der Waals surface area contributed by atoms with Crippen LogP contribution in [0.4, 0.5) is 0 Å². The fraction of sp³-hybridized carbons (Fsp3) is 0.304. The summed E-state index contributed by atoms with van der Waals surface area (Å²) >= 11 is 0. The first-order valence-corrected chi connectivity index (χ1v) is 10.1. The number of fused-ring (bicyclic) bond motifs is 5. The van der Waals surface area contributed by atoms with Gasteiger partial charge in [-0.05, 0) is 42.2 Å². The van der Waals surface area contributed by atoms with Gasteiger partial charge in [0, 0.05) is 29.6 Å². The molecule has 3 aromatic rings. The summed E-state index contributed by atoms with van der Waals surface area (Å²) < 4.78 is 0. The van der Waals surface area contributed by atoms with Crippen LogP contribution in [0.3, 0.4) is 0 Å². The van der Waals surface area contributed by atoms with Gasteiger partial charge in [0.1, 0.15) is 17.8 Å². The summed E-state index contributed by atoms with van der Waals surface area (Å²) in [5, 5.41) is 10.9. The molecule has 2 N–H and O–H groups in total. The Balaban J connectivity index is 1.59. The number of aromatic amines is 1. The molecule has 3 aliphatic heterocycles. The molecule has 0 aliphatic carbocycles. The normalized spacial score (nSPS) is 25.9. The lowest BCUT2D eigenvalue weighted by Crippen LogP contribution is -2.65. The number of carbonyl (C=O) groups excluding carboxylic acids is 2. The molecule has 6 heteroatoms. The van der Waals surface area contributed by atoms with E-state index < -0.39 is 6.04 Å². The SMILES string of the molecule is O=C1[C@@H]2Cc3c([nH]c4ccccc34)C(c3ccc(O)cc3)N2C(=O)[C@@H]2CCCN12. The van der Waals surface area contributed by atoms with E-state index in [-0.39, 0.29) is 29.6 Å². The van der Waals surface area contributed by atoms with Gasteiger partial charge in [0.25, 0.3) is 0 Å². The lowest BCUT2D eigenvalue weighted by Gasteiger charge is -2.48. The Morgan fingerprint density at radius 1 is 0.966 bits per heavy atom. The predicted molar refractivity (Wildman–Crippen MR) is 107 cm³/mol. The molecule has 2 aromatic carbocycles. The van der Waals surface area contributed by atoms with Crippen molar-refractivity contribution < 1.29 is 14.7 Å².